The number of hydrogen-bond acceptors (Lipinski definition) is 4. The summed E-state index contributed by atoms with van der Waals surface area (Å²) in [5.41, 5.74) is 0. The SMILES string of the molecule is CN(C)CC1CCN(S(=O)(=O)C2CCNC2)CC1. The summed E-state index contributed by atoms with van der Waals surface area (Å²) in [7, 11) is 1.10. The van der Waals surface area contributed by atoms with Crippen LogP contribution in [0.15, 0.2) is 0 Å². The number of nitrogens with one attached hydrogen (secondary N) is 1. The zero-order chi connectivity index (χ0) is 13.2. The summed E-state index contributed by atoms with van der Waals surface area (Å²) < 4.78 is 26.5. The molecule has 0 aromatic heterocycles. The van der Waals surface area contributed by atoms with Gasteiger partial charge < -0.3 is 10.2 Å². The second kappa shape index (κ2) is 5.86. The number of sulfonamides is 1. The molecule has 1 unspecified atom stereocenters. The molecule has 0 bridgehead atoms. The van der Waals surface area contributed by atoms with E-state index in [-0.39, 0.29) is 5.25 Å². The van der Waals surface area contributed by atoms with Crippen LogP contribution < -0.4 is 5.32 Å². The molecule has 2 aliphatic heterocycles. The van der Waals surface area contributed by atoms with Crippen LogP contribution in [0.25, 0.3) is 0 Å². The summed E-state index contributed by atoms with van der Waals surface area (Å²) in [5.74, 6) is 0.646. The lowest BCUT2D eigenvalue weighted by Gasteiger charge is -2.33. The van der Waals surface area contributed by atoms with Crippen molar-refractivity contribution in [2.75, 3.05) is 46.8 Å². The highest BCUT2D eigenvalue weighted by atomic mass is 32.2. The van der Waals surface area contributed by atoms with Crippen molar-refractivity contribution in [2.24, 2.45) is 5.92 Å². The molecule has 2 saturated heterocycles. The first-order valence-corrected chi connectivity index (χ1v) is 8.35. The van der Waals surface area contributed by atoms with Gasteiger partial charge in [-0.2, -0.15) is 0 Å². The largest absolute Gasteiger partial charge is 0.315 e. The topological polar surface area (TPSA) is 52.7 Å². The summed E-state index contributed by atoms with van der Waals surface area (Å²) in [6.07, 6.45) is 2.76. The Bertz CT molecular complexity index is 356. The standard InChI is InChI=1S/C12H25N3O2S/c1-14(2)10-11-4-7-15(8-5-11)18(16,17)12-3-6-13-9-12/h11-13H,3-10H2,1-2H3. The Balaban J connectivity index is 1.89. The zero-order valence-electron chi connectivity index (χ0n) is 11.4. The molecule has 1 atom stereocenters. The van der Waals surface area contributed by atoms with Gasteiger partial charge in [-0.25, -0.2) is 12.7 Å². The maximum Gasteiger partial charge on any atom is 0.218 e. The molecule has 0 radical (unpaired) electrons. The molecule has 0 spiro atoms. The molecular formula is C12H25N3O2S. The van der Waals surface area contributed by atoms with Crippen molar-refractivity contribution in [1.82, 2.24) is 14.5 Å². The van der Waals surface area contributed by atoms with E-state index in [0.29, 0.717) is 25.6 Å². The molecule has 0 aromatic rings. The van der Waals surface area contributed by atoms with Crippen LogP contribution in [0.5, 0.6) is 0 Å². The van der Waals surface area contributed by atoms with Crippen LogP contribution >= 0.6 is 0 Å². The fraction of sp³-hybridized carbons (Fsp3) is 1.00. The molecule has 2 heterocycles. The Morgan fingerprint density at radius 1 is 1.22 bits per heavy atom. The molecule has 5 nitrogen and oxygen atoms in total. The average Bonchev–Trinajstić information content (AvgIpc) is 2.83. The summed E-state index contributed by atoms with van der Waals surface area (Å²) in [4.78, 5) is 2.19. The molecule has 2 aliphatic rings. The Kier molecular flexibility index (Phi) is 4.64. The first-order valence-electron chi connectivity index (χ1n) is 6.84. The normalized spacial score (nSPS) is 28.1. The number of piperidine rings is 1. The van der Waals surface area contributed by atoms with Crippen molar-refractivity contribution >= 4 is 10.0 Å². The Hall–Kier alpha value is -0.170. The van der Waals surface area contributed by atoms with Crippen LogP contribution in [0.4, 0.5) is 0 Å². The van der Waals surface area contributed by atoms with E-state index >= 15 is 0 Å². The van der Waals surface area contributed by atoms with Crippen LogP contribution in [-0.4, -0.2) is 69.7 Å². The molecular weight excluding hydrogens is 250 g/mol. The van der Waals surface area contributed by atoms with Crippen LogP contribution in [0.1, 0.15) is 19.3 Å². The lowest BCUT2D eigenvalue weighted by molar-refractivity contribution is 0.224. The smallest absolute Gasteiger partial charge is 0.218 e. The van der Waals surface area contributed by atoms with Crippen molar-refractivity contribution in [2.45, 2.75) is 24.5 Å². The zero-order valence-corrected chi connectivity index (χ0v) is 12.2. The lowest BCUT2D eigenvalue weighted by Crippen LogP contribution is -2.45. The number of rotatable bonds is 4. The molecule has 18 heavy (non-hydrogen) atoms. The monoisotopic (exact) mass is 275 g/mol. The second-order valence-corrected chi connectivity index (χ2v) is 7.98. The third kappa shape index (κ3) is 3.23. The molecule has 106 valence electrons. The fourth-order valence-electron chi connectivity index (χ4n) is 2.96. The third-order valence-corrected chi connectivity index (χ3v) is 6.32. The van der Waals surface area contributed by atoms with Crippen LogP contribution in [0, 0.1) is 5.92 Å². The van der Waals surface area contributed by atoms with Gasteiger partial charge in [0.2, 0.25) is 10.0 Å². The molecule has 0 aliphatic carbocycles. The van der Waals surface area contributed by atoms with Gasteiger partial charge in [0, 0.05) is 26.2 Å². The van der Waals surface area contributed by atoms with E-state index in [0.717, 1.165) is 32.4 Å². The summed E-state index contributed by atoms with van der Waals surface area (Å²) in [5, 5.41) is 2.95. The average molecular weight is 275 g/mol. The van der Waals surface area contributed by atoms with Crippen LogP contribution in [0.2, 0.25) is 0 Å². The number of hydrogen-bond donors (Lipinski definition) is 1. The van der Waals surface area contributed by atoms with Crippen molar-refractivity contribution < 1.29 is 8.42 Å². The molecule has 6 heteroatoms. The van der Waals surface area contributed by atoms with Gasteiger partial charge in [0.1, 0.15) is 0 Å². The Morgan fingerprint density at radius 3 is 2.39 bits per heavy atom. The highest BCUT2D eigenvalue weighted by Crippen LogP contribution is 2.23. The van der Waals surface area contributed by atoms with Crippen molar-refractivity contribution in [3.05, 3.63) is 0 Å². The summed E-state index contributed by atoms with van der Waals surface area (Å²) in [6.45, 7) is 3.94. The van der Waals surface area contributed by atoms with Gasteiger partial charge in [0.05, 0.1) is 5.25 Å². The van der Waals surface area contributed by atoms with Crippen molar-refractivity contribution in [3.8, 4) is 0 Å². The third-order valence-electron chi connectivity index (χ3n) is 3.99. The first kappa shape index (κ1) is 14.2. The first-order chi connectivity index (χ1) is 8.50. The minimum atomic E-state index is -3.06. The van der Waals surface area contributed by atoms with Gasteiger partial charge in [-0.15, -0.1) is 0 Å². The summed E-state index contributed by atoms with van der Waals surface area (Å²) >= 11 is 0. The Morgan fingerprint density at radius 2 is 1.89 bits per heavy atom. The van der Waals surface area contributed by atoms with E-state index in [4.69, 9.17) is 0 Å². The fourth-order valence-corrected chi connectivity index (χ4v) is 4.84. The molecule has 2 rings (SSSR count). The van der Waals surface area contributed by atoms with Crippen molar-refractivity contribution in [3.63, 3.8) is 0 Å². The highest BCUT2D eigenvalue weighted by Gasteiger charge is 2.35. The van der Waals surface area contributed by atoms with Crippen molar-refractivity contribution in [1.29, 1.82) is 0 Å². The number of nitrogens with zero attached hydrogens (tertiary/aromatic N) is 2. The van der Waals surface area contributed by atoms with E-state index in [1.165, 1.54) is 0 Å². The quantitative estimate of drug-likeness (QED) is 0.782. The maximum atomic E-state index is 12.4. The molecule has 0 aromatic carbocycles. The minimum absolute atomic E-state index is 0.192. The highest BCUT2D eigenvalue weighted by molar-refractivity contribution is 7.89. The van der Waals surface area contributed by atoms with E-state index in [1.54, 1.807) is 4.31 Å². The predicted octanol–water partition coefficient (Wildman–Crippen LogP) is -0.0483. The maximum absolute atomic E-state index is 12.4. The molecule has 2 fully saturated rings. The Labute approximate surface area is 111 Å². The van der Waals surface area contributed by atoms with E-state index in [2.05, 4.69) is 24.3 Å². The van der Waals surface area contributed by atoms with Gasteiger partial charge in [-0.05, 0) is 45.8 Å². The molecule has 0 saturated carbocycles. The van der Waals surface area contributed by atoms with Gasteiger partial charge in [0.25, 0.3) is 0 Å². The predicted molar refractivity (Wildman–Crippen MR) is 73.0 cm³/mol. The van der Waals surface area contributed by atoms with Gasteiger partial charge in [0.15, 0.2) is 0 Å². The minimum Gasteiger partial charge on any atom is -0.315 e. The van der Waals surface area contributed by atoms with E-state index in [1.807, 2.05) is 0 Å². The summed E-state index contributed by atoms with van der Waals surface area (Å²) in [6, 6.07) is 0. The van der Waals surface area contributed by atoms with Gasteiger partial charge >= 0.3 is 0 Å². The second-order valence-electron chi connectivity index (χ2n) is 5.76. The van der Waals surface area contributed by atoms with E-state index < -0.39 is 10.0 Å². The van der Waals surface area contributed by atoms with E-state index in [9.17, 15) is 8.42 Å². The van der Waals surface area contributed by atoms with Gasteiger partial charge in [-0.3, -0.25) is 0 Å². The van der Waals surface area contributed by atoms with Gasteiger partial charge in [-0.1, -0.05) is 0 Å². The van der Waals surface area contributed by atoms with Crippen LogP contribution in [-0.2, 0) is 10.0 Å². The molecule has 1 N–H and O–H groups in total. The lowest BCUT2D eigenvalue weighted by atomic mass is 9.98. The van der Waals surface area contributed by atoms with Crippen LogP contribution in [0.3, 0.4) is 0 Å². The molecule has 0 amide bonds.